The van der Waals surface area contributed by atoms with Crippen LogP contribution in [-0.2, 0) is 21.2 Å². The third-order valence-electron chi connectivity index (χ3n) is 6.40. The summed E-state index contributed by atoms with van der Waals surface area (Å²) < 4.78 is 29.3. The fraction of sp³-hybridized carbons (Fsp3) is 0.682. The van der Waals surface area contributed by atoms with Gasteiger partial charge < -0.3 is 9.80 Å². The van der Waals surface area contributed by atoms with Gasteiger partial charge in [-0.05, 0) is 84.1 Å². The fourth-order valence-electron chi connectivity index (χ4n) is 4.94. The monoisotopic (exact) mass is 497 g/mol. The van der Waals surface area contributed by atoms with Crippen molar-refractivity contribution in [3.8, 4) is 0 Å². The Bertz CT molecular complexity index is 906. The normalized spacial score (nSPS) is 24.8. The van der Waals surface area contributed by atoms with Crippen LogP contribution >= 0.6 is 15.9 Å². The first-order valence-electron chi connectivity index (χ1n) is 11.1. The second-order valence-corrected chi connectivity index (χ2v) is 12.0. The summed E-state index contributed by atoms with van der Waals surface area (Å²) in [5.74, 6) is 1.67. The SMILES string of the molecule is CC1CC(C)CN(CCCNS(=O)(=O)c2cc3c(cc2Br)CCN3C(=O)C2CC2)C1. The molecule has 2 fully saturated rings. The van der Waals surface area contributed by atoms with Crippen molar-refractivity contribution in [3.05, 3.63) is 22.2 Å². The van der Waals surface area contributed by atoms with Gasteiger partial charge in [-0.25, -0.2) is 13.1 Å². The molecular weight excluding hydrogens is 466 g/mol. The predicted molar refractivity (Wildman–Crippen MR) is 122 cm³/mol. The van der Waals surface area contributed by atoms with Crippen molar-refractivity contribution in [2.45, 2.75) is 50.8 Å². The summed E-state index contributed by atoms with van der Waals surface area (Å²) in [7, 11) is -3.64. The molecule has 1 aliphatic carbocycles. The Morgan fingerprint density at radius 2 is 1.90 bits per heavy atom. The zero-order valence-corrected chi connectivity index (χ0v) is 20.3. The van der Waals surface area contributed by atoms with Crippen LogP contribution in [0.3, 0.4) is 0 Å². The molecule has 166 valence electrons. The van der Waals surface area contributed by atoms with Crippen LogP contribution in [0.15, 0.2) is 21.5 Å². The van der Waals surface area contributed by atoms with Gasteiger partial charge >= 0.3 is 0 Å². The first kappa shape index (κ1) is 22.2. The number of anilines is 1. The molecule has 2 atom stereocenters. The van der Waals surface area contributed by atoms with Gasteiger partial charge in [-0.1, -0.05) is 13.8 Å². The quantitative estimate of drug-likeness (QED) is 0.586. The van der Waals surface area contributed by atoms with Crippen LogP contribution in [0.5, 0.6) is 0 Å². The average molecular weight is 498 g/mol. The maximum atomic E-state index is 13.0. The lowest BCUT2D eigenvalue weighted by molar-refractivity contribution is -0.119. The molecule has 30 heavy (non-hydrogen) atoms. The minimum Gasteiger partial charge on any atom is -0.312 e. The summed E-state index contributed by atoms with van der Waals surface area (Å²) in [5, 5.41) is 0. The molecular formula is C22H32BrN3O3S. The molecule has 1 saturated carbocycles. The van der Waals surface area contributed by atoms with Gasteiger partial charge in [0.2, 0.25) is 15.9 Å². The van der Waals surface area contributed by atoms with Crippen molar-refractivity contribution < 1.29 is 13.2 Å². The second kappa shape index (κ2) is 8.88. The number of benzene rings is 1. The molecule has 0 aromatic heterocycles. The summed E-state index contributed by atoms with van der Waals surface area (Å²) in [6, 6.07) is 3.53. The number of carbonyl (C=O) groups is 1. The van der Waals surface area contributed by atoms with Crippen molar-refractivity contribution in [3.63, 3.8) is 0 Å². The van der Waals surface area contributed by atoms with E-state index < -0.39 is 10.0 Å². The number of rotatable bonds is 7. The van der Waals surface area contributed by atoms with Crippen molar-refractivity contribution in [1.29, 1.82) is 0 Å². The molecule has 1 saturated heterocycles. The number of likely N-dealkylation sites (tertiary alicyclic amines) is 1. The Kier molecular flexibility index (Phi) is 6.59. The number of piperidine rings is 1. The summed E-state index contributed by atoms with van der Waals surface area (Å²) in [6.45, 7) is 8.72. The highest BCUT2D eigenvalue weighted by Crippen LogP contribution is 2.39. The minimum atomic E-state index is -3.64. The number of halogens is 1. The smallest absolute Gasteiger partial charge is 0.241 e. The molecule has 6 nitrogen and oxygen atoms in total. The van der Waals surface area contributed by atoms with Gasteiger partial charge in [0, 0.05) is 42.3 Å². The van der Waals surface area contributed by atoms with E-state index in [2.05, 4.69) is 39.4 Å². The van der Waals surface area contributed by atoms with E-state index in [0.29, 0.717) is 29.4 Å². The van der Waals surface area contributed by atoms with E-state index in [-0.39, 0.29) is 16.7 Å². The number of fused-ring (bicyclic) bond motifs is 1. The molecule has 4 rings (SSSR count). The first-order chi connectivity index (χ1) is 14.2. The van der Waals surface area contributed by atoms with Crippen molar-refractivity contribution in [1.82, 2.24) is 9.62 Å². The molecule has 3 aliphatic rings. The Labute approximate surface area is 188 Å². The van der Waals surface area contributed by atoms with Gasteiger partial charge in [-0.2, -0.15) is 0 Å². The van der Waals surface area contributed by atoms with Crippen LogP contribution in [0.2, 0.25) is 0 Å². The largest absolute Gasteiger partial charge is 0.312 e. The van der Waals surface area contributed by atoms with Crippen LogP contribution in [0, 0.1) is 17.8 Å². The van der Waals surface area contributed by atoms with E-state index in [1.807, 2.05) is 6.07 Å². The lowest BCUT2D eigenvalue weighted by Gasteiger charge is -2.34. The van der Waals surface area contributed by atoms with Gasteiger partial charge in [0.15, 0.2) is 0 Å². The van der Waals surface area contributed by atoms with E-state index in [9.17, 15) is 13.2 Å². The van der Waals surface area contributed by atoms with Crippen LogP contribution in [0.4, 0.5) is 5.69 Å². The maximum absolute atomic E-state index is 13.0. The molecule has 1 aromatic rings. The zero-order chi connectivity index (χ0) is 21.5. The molecule has 0 radical (unpaired) electrons. The number of nitrogens with zero attached hydrogens (tertiary/aromatic N) is 2. The van der Waals surface area contributed by atoms with Crippen molar-refractivity contribution in [2.75, 3.05) is 37.6 Å². The summed E-state index contributed by atoms with van der Waals surface area (Å²) in [6.07, 6.45) is 4.72. The number of hydrogen-bond donors (Lipinski definition) is 1. The Hall–Kier alpha value is -0.960. The average Bonchev–Trinajstić information content (AvgIpc) is 3.44. The number of amides is 1. The summed E-state index contributed by atoms with van der Waals surface area (Å²) in [5.41, 5.74) is 1.79. The molecule has 2 aliphatic heterocycles. The predicted octanol–water partition coefficient (Wildman–Crippen LogP) is 3.39. The highest BCUT2D eigenvalue weighted by Gasteiger charge is 2.37. The van der Waals surface area contributed by atoms with Gasteiger partial charge in [-0.15, -0.1) is 0 Å². The summed E-state index contributed by atoms with van der Waals surface area (Å²) >= 11 is 3.44. The third kappa shape index (κ3) is 4.92. The van der Waals surface area contributed by atoms with Gasteiger partial charge in [0.1, 0.15) is 0 Å². The molecule has 1 N–H and O–H groups in total. The Balaban J connectivity index is 1.39. The Morgan fingerprint density at radius 3 is 2.57 bits per heavy atom. The van der Waals surface area contributed by atoms with Gasteiger partial charge in [-0.3, -0.25) is 4.79 Å². The number of nitrogens with one attached hydrogen (secondary N) is 1. The highest BCUT2D eigenvalue weighted by molar-refractivity contribution is 9.10. The second-order valence-electron chi connectivity index (χ2n) is 9.38. The molecule has 1 amide bonds. The zero-order valence-electron chi connectivity index (χ0n) is 17.9. The number of sulfonamides is 1. The minimum absolute atomic E-state index is 0.123. The first-order valence-corrected chi connectivity index (χ1v) is 13.4. The maximum Gasteiger partial charge on any atom is 0.241 e. The van der Waals surface area contributed by atoms with E-state index in [4.69, 9.17) is 0 Å². The van der Waals surface area contributed by atoms with Crippen molar-refractivity contribution >= 4 is 37.5 Å². The van der Waals surface area contributed by atoms with Crippen LogP contribution in [0.25, 0.3) is 0 Å². The molecule has 2 heterocycles. The Morgan fingerprint density at radius 1 is 1.20 bits per heavy atom. The van der Waals surface area contributed by atoms with E-state index in [1.54, 1.807) is 11.0 Å². The lowest BCUT2D eigenvalue weighted by Crippen LogP contribution is -2.40. The molecule has 1 aromatic carbocycles. The highest BCUT2D eigenvalue weighted by atomic mass is 79.9. The van der Waals surface area contributed by atoms with E-state index in [0.717, 1.165) is 56.6 Å². The number of hydrogen-bond acceptors (Lipinski definition) is 4. The van der Waals surface area contributed by atoms with Crippen LogP contribution < -0.4 is 9.62 Å². The topological polar surface area (TPSA) is 69.7 Å². The van der Waals surface area contributed by atoms with Crippen LogP contribution in [0.1, 0.15) is 45.1 Å². The van der Waals surface area contributed by atoms with Crippen molar-refractivity contribution in [2.24, 2.45) is 17.8 Å². The van der Waals surface area contributed by atoms with E-state index in [1.165, 1.54) is 6.42 Å². The third-order valence-corrected chi connectivity index (χ3v) is 8.82. The van der Waals surface area contributed by atoms with Gasteiger partial charge in [0.25, 0.3) is 0 Å². The fourth-order valence-corrected chi connectivity index (χ4v) is 7.12. The molecule has 0 bridgehead atoms. The molecule has 2 unspecified atom stereocenters. The molecule has 8 heteroatoms. The summed E-state index contributed by atoms with van der Waals surface area (Å²) in [4.78, 5) is 17.0. The van der Waals surface area contributed by atoms with Gasteiger partial charge in [0.05, 0.1) is 4.90 Å². The molecule has 0 spiro atoms. The van der Waals surface area contributed by atoms with E-state index >= 15 is 0 Å². The van der Waals surface area contributed by atoms with Crippen LogP contribution in [-0.4, -0.2) is 51.9 Å². The lowest BCUT2D eigenvalue weighted by atomic mass is 9.92. The number of carbonyl (C=O) groups excluding carboxylic acids is 1. The standard InChI is InChI=1S/C22H32BrN3O3S/c1-15-10-16(2)14-25(13-15)8-3-7-24-30(28,29)21-12-20-18(11-19(21)23)6-9-26(20)22(27)17-4-5-17/h11-12,15-17,24H,3-10,13-14H2,1-2H3.